The molecule has 0 amide bonds. The summed E-state index contributed by atoms with van der Waals surface area (Å²) in [4.78, 5) is 2.43. The van der Waals surface area contributed by atoms with Gasteiger partial charge in [-0.3, -0.25) is 0 Å². The molecule has 1 aromatic heterocycles. The highest BCUT2D eigenvalue weighted by Crippen LogP contribution is 2.27. The number of nitrogens with zero attached hydrogens (tertiary/aromatic N) is 1. The second-order valence-corrected chi connectivity index (χ2v) is 7.46. The van der Waals surface area contributed by atoms with E-state index in [0.717, 1.165) is 13.1 Å². The summed E-state index contributed by atoms with van der Waals surface area (Å²) in [5, 5.41) is 5.69. The first-order chi connectivity index (χ1) is 7.57. The average Bonchev–Trinajstić information content (AvgIpc) is 2.75. The maximum absolute atomic E-state index is 3.51. The van der Waals surface area contributed by atoms with Crippen molar-refractivity contribution in [3.63, 3.8) is 0 Å². The third kappa shape index (κ3) is 3.29. The maximum Gasteiger partial charge on any atom is 0.0701 e. The number of hydrogen-bond acceptors (Lipinski definition) is 3. The summed E-state index contributed by atoms with van der Waals surface area (Å²) in [6.45, 7) is 6.94. The standard InChI is InChI=1S/C12H19BrN2S/c1-12(3-4-14-8-12)9-15(2)6-10-5-11(13)16-7-10/h5,7,14H,3-4,6,8-9H2,1-2H3. The van der Waals surface area contributed by atoms with Crippen molar-refractivity contribution in [2.45, 2.75) is 19.9 Å². The number of thiophene rings is 1. The van der Waals surface area contributed by atoms with E-state index in [1.165, 1.54) is 28.9 Å². The van der Waals surface area contributed by atoms with E-state index < -0.39 is 0 Å². The topological polar surface area (TPSA) is 15.3 Å². The highest BCUT2D eigenvalue weighted by molar-refractivity contribution is 9.11. The predicted octanol–water partition coefficient (Wildman–Crippen LogP) is 2.94. The van der Waals surface area contributed by atoms with Crippen LogP contribution in [0.2, 0.25) is 0 Å². The van der Waals surface area contributed by atoms with E-state index in [1.807, 2.05) is 0 Å². The molecule has 1 aromatic rings. The molecule has 1 fully saturated rings. The van der Waals surface area contributed by atoms with Gasteiger partial charge in [0.2, 0.25) is 0 Å². The third-order valence-electron chi connectivity index (χ3n) is 3.18. The van der Waals surface area contributed by atoms with Crippen LogP contribution in [0.5, 0.6) is 0 Å². The van der Waals surface area contributed by atoms with E-state index in [0.29, 0.717) is 5.41 Å². The maximum atomic E-state index is 3.51. The van der Waals surface area contributed by atoms with Crippen LogP contribution in [-0.2, 0) is 6.54 Å². The highest BCUT2D eigenvalue weighted by atomic mass is 79.9. The first-order valence-corrected chi connectivity index (χ1v) is 7.37. The van der Waals surface area contributed by atoms with E-state index in [1.54, 1.807) is 11.3 Å². The van der Waals surface area contributed by atoms with Gasteiger partial charge in [0.15, 0.2) is 0 Å². The Morgan fingerprint density at radius 2 is 2.44 bits per heavy atom. The molecular weight excluding hydrogens is 284 g/mol. The molecule has 1 aliphatic heterocycles. The lowest BCUT2D eigenvalue weighted by Crippen LogP contribution is -2.34. The lowest BCUT2D eigenvalue weighted by Gasteiger charge is -2.29. The van der Waals surface area contributed by atoms with Crippen molar-refractivity contribution in [1.82, 2.24) is 10.2 Å². The van der Waals surface area contributed by atoms with Gasteiger partial charge in [-0.25, -0.2) is 0 Å². The molecule has 2 nitrogen and oxygen atoms in total. The van der Waals surface area contributed by atoms with E-state index in [2.05, 4.69) is 51.6 Å². The van der Waals surface area contributed by atoms with Crippen LogP contribution < -0.4 is 5.32 Å². The molecule has 1 unspecified atom stereocenters. The molecule has 1 N–H and O–H groups in total. The van der Waals surface area contributed by atoms with Crippen molar-refractivity contribution in [2.24, 2.45) is 5.41 Å². The second-order valence-electron chi connectivity index (χ2n) is 5.17. The SMILES string of the molecule is CN(Cc1csc(Br)c1)CC1(C)CCNC1. The van der Waals surface area contributed by atoms with Gasteiger partial charge in [0.05, 0.1) is 3.79 Å². The Kier molecular flexibility index (Phi) is 4.06. The fourth-order valence-corrected chi connectivity index (χ4v) is 3.65. The summed E-state index contributed by atoms with van der Waals surface area (Å²) in [6, 6.07) is 2.22. The fourth-order valence-electron chi connectivity index (χ4n) is 2.45. The first-order valence-electron chi connectivity index (χ1n) is 5.70. The van der Waals surface area contributed by atoms with E-state index in [9.17, 15) is 0 Å². The first kappa shape index (κ1) is 12.6. The van der Waals surface area contributed by atoms with Gasteiger partial charge in [-0.2, -0.15) is 0 Å². The number of hydrogen-bond donors (Lipinski definition) is 1. The number of halogens is 1. The Hall–Kier alpha value is 0.1000. The van der Waals surface area contributed by atoms with Gasteiger partial charge in [-0.15, -0.1) is 11.3 Å². The van der Waals surface area contributed by atoms with Gasteiger partial charge in [0.1, 0.15) is 0 Å². The molecule has 0 saturated carbocycles. The van der Waals surface area contributed by atoms with Crippen LogP contribution in [0.15, 0.2) is 15.2 Å². The smallest absolute Gasteiger partial charge is 0.0701 e. The van der Waals surface area contributed by atoms with E-state index in [4.69, 9.17) is 0 Å². The quantitative estimate of drug-likeness (QED) is 0.920. The zero-order chi connectivity index (χ0) is 11.6. The molecule has 1 aliphatic rings. The molecule has 0 aliphatic carbocycles. The fraction of sp³-hybridized carbons (Fsp3) is 0.667. The van der Waals surface area contributed by atoms with Crippen LogP contribution in [0, 0.1) is 5.41 Å². The van der Waals surface area contributed by atoms with E-state index in [-0.39, 0.29) is 0 Å². The summed E-state index contributed by atoms with van der Waals surface area (Å²) in [5.41, 5.74) is 1.87. The summed E-state index contributed by atoms with van der Waals surface area (Å²) < 4.78 is 1.23. The van der Waals surface area contributed by atoms with Crippen molar-refractivity contribution in [1.29, 1.82) is 0 Å². The van der Waals surface area contributed by atoms with Crippen molar-refractivity contribution in [2.75, 3.05) is 26.7 Å². The van der Waals surface area contributed by atoms with Crippen molar-refractivity contribution < 1.29 is 0 Å². The van der Waals surface area contributed by atoms with Gasteiger partial charge >= 0.3 is 0 Å². The third-order valence-corrected chi connectivity index (χ3v) is 4.74. The minimum atomic E-state index is 0.460. The number of rotatable bonds is 4. The second kappa shape index (κ2) is 5.17. The molecule has 0 bridgehead atoms. The summed E-state index contributed by atoms with van der Waals surface area (Å²) in [6.07, 6.45) is 1.30. The lowest BCUT2D eigenvalue weighted by molar-refractivity contribution is 0.203. The Bertz CT molecular complexity index is 345. The Balaban J connectivity index is 1.86. The molecule has 0 aromatic carbocycles. The molecule has 0 radical (unpaired) electrons. The van der Waals surface area contributed by atoms with Crippen molar-refractivity contribution in [3.8, 4) is 0 Å². The van der Waals surface area contributed by atoms with Crippen molar-refractivity contribution >= 4 is 27.3 Å². The molecule has 16 heavy (non-hydrogen) atoms. The van der Waals surface area contributed by atoms with Crippen LogP contribution in [0.4, 0.5) is 0 Å². The van der Waals surface area contributed by atoms with Crippen LogP contribution in [-0.4, -0.2) is 31.6 Å². The zero-order valence-electron chi connectivity index (χ0n) is 9.92. The molecule has 2 heterocycles. The molecule has 2 rings (SSSR count). The van der Waals surface area contributed by atoms with E-state index >= 15 is 0 Å². The molecular formula is C12H19BrN2S. The van der Waals surface area contributed by atoms with Gasteiger partial charge in [-0.05, 0) is 58.4 Å². The molecule has 0 spiro atoms. The monoisotopic (exact) mass is 302 g/mol. The Morgan fingerprint density at radius 1 is 1.62 bits per heavy atom. The summed E-state index contributed by atoms with van der Waals surface area (Å²) in [7, 11) is 2.22. The molecule has 1 atom stereocenters. The van der Waals surface area contributed by atoms with Gasteiger partial charge < -0.3 is 10.2 Å². The lowest BCUT2D eigenvalue weighted by atomic mass is 9.89. The van der Waals surface area contributed by atoms with Crippen molar-refractivity contribution in [3.05, 3.63) is 20.8 Å². The average molecular weight is 303 g/mol. The zero-order valence-corrected chi connectivity index (χ0v) is 12.3. The van der Waals surface area contributed by atoms with Crippen LogP contribution in [0.25, 0.3) is 0 Å². The summed E-state index contributed by atoms with van der Waals surface area (Å²) >= 11 is 5.28. The van der Waals surface area contributed by atoms with Crippen LogP contribution in [0.1, 0.15) is 18.9 Å². The van der Waals surface area contributed by atoms with Gasteiger partial charge in [0, 0.05) is 19.6 Å². The number of nitrogens with one attached hydrogen (secondary N) is 1. The normalized spacial score (nSPS) is 25.5. The Labute approximate surface area is 110 Å². The van der Waals surface area contributed by atoms with Gasteiger partial charge in [0.25, 0.3) is 0 Å². The van der Waals surface area contributed by atoms with Crippen LogP contribution in [0.3, 0.4) is 0 Å². The molecule has 4 heteroatoms. The molecule has 1 saturated heterocycles. The largest absolute Gasteiger partial charge is 0.316 e. The van der Waals surface area contributed by atoms with Gasteiger partial charge in [-0.1, -0.05) is 6.92 Å². The highest BCUT2D eigenvalue weighted by Gasteiger charge is 2.29. The minimum Gasteiger partial charge on any atom is -0.316 e. The predicted molar refractivity (Wildman–Crippen MR) is 73.9 cm³/mol. The summed E-state index contributed by atoms with van der Waals surface area (Å²) in [5.74, 6) is 0. The minimum absolute atomic E-state index is 0.460. The molecule has 90 valence electrons. The Morgan fingerprint density at radius 3 is 3.00 bits per heavy atom. The van der Waals surface area contributed by atoms with Crippen LogP contribution >= 0.6 is 27.3 Å².